The van der Waals surface area contributed by atoms with Gasteiger partial charge in [-0.2, -0.15) is 0 Å². The summed E-state index contributed by atoms with van der Waals surface area (Å²) in [7, 11) is 0. The highest BCUT2D eigenvalue weighted by atomic mass is 19.1. The minimum atomic E-state index is -0.695. The molecule has 1 rings (SSSR count). The van der Waals surface area contributed by atoms with Crippen LogP contribution in [0.2, 0.25) is 0 Å². The predicted molar refractivity (Wildman–Crippen MR) is 47.8 cm³/mol. The van der Waals surface area contributed by atoms with Crippen LogP contribution in [-0.2, 0) is 0 Å². The number of hydrogen-bond acceptors (Lipinski definition) is 1. The molecular formula is C10H19FO. The van der Waals surface area contributed by atoms with Crippen LogP contribution >= 0.6 is 0 Å². The van der Waals surface area contributed by atoms with Crippen LogP contribution < -0.4 is 0 Å². The van der Waals surface area contributed by atoms with E-state index in [2.05, 4.69) is 6.92 Å². The molecule has 0 heterocycles. The standard InChI is InChI=1S/C10H19FO/c1-8-3-4-9(11)5-6-10(2,12)7-8/h8-9,12H,3-7H2,1-2H3. The molecule has 0 amide bonds. The lowest BCUT2D eigenvalue weighted by Crippen LogP contribution is -2.30. The molecule has 3 unspecified atom stereocenters. The van der Waals surface area contributed by atoms with Gasteiger partial charge in [0.15, 0.2) is 0 Å². The SMILES string of the molecule is CC1CCC(F)CCC(C)(O)C1. The van der Waals surface area contributed by atoms with Gasteiger partial charge in [-0.15, -0.1) is 0 Å². The monoisotopic (exact) mass is 174 g/mol. The van der Waals surface area contributed by atoms with Crippen LogP contribution in [0.3, 0.4) is 0 Å². The van der Waals surface area contributed by atoms with Gasteiger partial charge in [-0.05, 0) is 44.9 Å². The second-order valence-electron chi connectivity index (χ2n) is 4.52. The maximum atomic E-state index is 13.0. The molecule has 0 aromatic rings. The molecule has 1 N–H and O–H groups in total. The van der Waals surface area contributed by atoms with Gasteiger partial charge in [0, 0.05) is 0 Å². The van der Waals surface area contributed by atoms with Gasteiger partial charge in [0.05, 0.1) is 5.60 Å². The smallest absolute Gasteiger partial charge is 0.100 e. The van der Waals surface area contributed by atoms with Crippen molar-refractivity contribution in [2.45, 2.75) is 57.7 Å². The summed E-state index contributed by atoms with van der Waals surface area (Å²) in [5.74, 6) is 0.457. The molecule has 0 aromatic carbocycles. The first kappa shape index (κ1) is 9.97. The molecule has 0 aliphatic heterocycles. The minimum Gasteiger partial charge on any atom is -0.390 e. The summed E-state index contributed by atoms with van der Waals surface area (Å²) >= 11 is 0. The van der Waals surface area contributed by atoms with Crippen LogP contribution in [0.1, 0.15) is 46.0 Å². The summed E-state index contributed by atoms with van der Waals surface area (Å²) < 4.78 is 13.0. The number of halogens is 1. The van der Waals surface area contributed by atoms with Gasteiger partial charge in [-0.1, -0.05) is 6.92 Å². The minimum absolute atomic E-state index is 0.457. The predicted octanol–water partition coefficient (Wildman–Crippen LogP) is 2.68. The largest absolute Gasteiger partial charge is 0.390 e. The normalized spacial score (nSPS) is 45.0. The molecule has 2 heteroatoms. The second-order valence-corrected chi connectivity index (χ2v) is 4.52. The molecule has 0 radical (unpaired) electrons. The average Bonchev–Trinajstić information content (AvgIpc) is 1.95. The van der Waals surface area contributed by atoms with Crippen molar-refractivity contribution < 1.29 is 9.50 Å². The van der Waals surface area contributed by atoms with Crippen molar-refractivity contribution in [2.75, 3.05) is 0 Å². The van der Waals surface area contributed by atoms with E-state index in [9.17, 15) is 9.50 Å². The van der Waals surface area contributed by atoms with Crippen molar-refractivity contribution in [3.05, 3.63) is 0 Å². The Bertz CT molecular complexity index is 145. The molecule has 1 nitrogen and oxygen atoms in total. The summed E-state index contributed by atoms with van der Waals surface area (Å²) in [5, 5.41) is 9.80. The quantitative estimate of drug-likeness (QED) is 0.598. The van der Waals surface area contributed by atoms with Crippen LogP contribution in [0.25, 0.3) is 0 Å². The molecule has 12 heavy (non-hydrogen) atoms. The van der Waals surface area contributed by atoms with Gasteiger partial charge < -0.3 is 5.11 Å². The lowest BCUT2D eigenvalue weighted by atomic mass is 9.82. The summed E-state index contributed by atoms with van der Waals surface area (Å²) in [6.45, 7) is 3.91. The van der Waals surface area contributed by atoms with Crippen LogP contribution in [0.5, 0.6) is 0 Å². The maximum Gasteiger partial charge on any atom is 0.100 e. The Labute approximate surface area is 74.0 Å². The highest BCUT2D eigenvalue weighted by Gasteiger charge is 2.27. The average molecular weight is 174 g/mol. The molecule has 0 saturated heterocycles. The van der Waals surface area contributed by atoms with Crippen LogP contribution in [-0.4, -0.2) is 16.9 Å². The van der Waals surface area contributed by atoms with Gasteiger partial charge >= 0.3 is 0 Å². The second kappa shape index (κ2) is 3.73. The van der Waals surface area contributed by atoms with E-state index in [4.69, 9.17) is 0 Å². The van der Waals surface area contributed by atoms with E-state index in [1.54, 1.807) is 0 Å². The van der Waals surface area contributed by atoms with Crippen molar-refractivity contribution in [1.29, 1.82) is 0 Å². The fourth-order valence-corrected chi connectivity index (χ4v) is 2.03. The highest BCUT2D eigenvalue weighted by molar-refractivity contribution is 4.80. The fourth-order valence-electron chi connectivity index (χ4n) is 2.03. The zero-order valence-electron chi connectivity index (χ0n) is 8.02. The van der Waals surface area contributed by atoms with Crippen molar-refractivity contribution in [2.24, 2.45) is 5.92 Å². The molecular weight excluding hydrogens is 155 g/mol. The van der Waals surface area contributed by atoms with Gasteiger partial charge in [0.25, 0.3) is 0 Å². The third kappa shape index (κ3) is 3.10. The van der Waals surface area contributed by atoms with Gasteiger partial charge in [-0.3, -0.25) is 0 Å². The molecule has 0 bridgehead atoms. The van der Waals surface area contributed by atoms with E-state index >= 15 is 0 Å². The molecule has 1 fully saturated rings. The third-order valence-corrected chi connectivity index (χ3v) is 2.76. The Balaban J connectivity index is 2.49. The Morgan fingerprint density at radius 3 is 2.67 bits per heavy atom. The summed E-state index contributed by atoms with van der Waals surface area (Å²) in [6.07, 6.45) is 2.85. The van der Waals surface area contributed by atoms with E-state index in [1.165, 1.54) is 0 Å². The summed E-state index contributed by atoms with van der Waals surface area (Å²) in [5.41, 5.74) is -0.635. The zero-order valence-corrected chi connectivity index (χ0v) is 8.02. The van der Waals surface area contributed by atoms with E-state index in [0.29, 0.717) is 25.2 Å². The van der Waals surface area contributed by atoms with Gasteiger partial charge in [0.2, 0.25) is 0 Å². The topological polar surface area (TPSA) is 20.2 Å². The van der Waals surface area contributed by atoms with E-state index in [1.807, 2.05) is 6.92 Å². The molecule has 72 valence electrons. The Morgan fingerprint density at radius 2 is 2.00 bits per heavy atom. The number of hydrogen-bond donors (Lipinski definition) is 1. The molecule has 3 atom stereocenters. The van der Waals surface area contributed by atoms with Crippen LogP contribution in [0, 0.1) is 5.92 Å². The Morgan fingerprint density at radius 1 is 1.33 bits per heavy atom. The fraction of sp³-hybridized carbons (Fsp3) is 1.00. The van der Waals surface area contributed by atoms with E-state index in [0.717, 1.165) is 12.8 Å². The summed E-state index contributed by atoms with van der Waals surface area (Å²) in [4.78, 5) is 0. The van der Waals surface area contributed by atoms with Gasteiger partial charge in [0.1, 0.15) is 6.17 Å². The van der Waals surface area contributed by atoms with E-state index < -0.39 is 11.8 Å². The number of aliphatic hydroxyl groups is 1. The molecule has 0 spiro atoms. The Hall–Kier alpha value is -0.110. The molecule has 1 aliphatic rings. The lowest BCUT2D eigenvalue weighted by molar-refractivity contribution is 0.00852. The highest BCUT2D eigenvalue weighted by Crippen LogP contribution is 2.30. The molecule has 1 aliphatic carbocycles. The first-order valence-electron chi connectivity index (χ1n) is 4.86. The van der Waals surface area contributed by atoms with Crippen molar-refractivity contribution in [3.63, 3.8) is 0 Å². The summed E-state index contributed by atoms with van der Waals surface area (Å²) in [6, 6.07) is 0. The van der Waals surface area contributed by atoms with Crippen molar-refractivity contribution in [3.8, 4) is 0 Å². The number of rotatable bonds is 0. The van der Waals surface area contributed by atoms with Crippen LogP contribution in [0.15, 0.2) is 0 Å². The lowest BCUT2D eigenvalue weighted by Gasteiger charge is -2.30. The third-order valence-electron chi connectivity index (χ3n) is 2.76. The molecule has 0 aromatic heterocycles. The van der Waals surface area contributed by atoms with E-state index in [-0.39, 0.29) is 0 Å². The van der Waals surface area contributed by atoms with Crippen LogP contribution in [0.4, 0.5) is 4.39 Å². The van der Waals surface area contributed by atoms with Gasteiger partial charge in [-0.25, -0.2) is 4.39 Å². The maximum absolute atomic E-state index is 13.0. The first-order chi connectivity index (χ1) is 5.49. The van der Waals surface area contributed by atoms with Crippen molar-refractivity contribution in [1.82, 2.24) is 0 Å². The van der Waals surface area contributed by atoms with Crippen molar-refractivity contribution >= 4 is 0 Å². The Kier molecular flexibility index (Phi) is 3.10. The zero-order chi connectivity index (χ0) is 9.19. The first-order valence-corrected chi connectivity index (χ1v) is 4.86. The number of alkyl halides is 1. The molecule has 1 saturated carbocycles.